The van der Waals surface area contributed by atoms with Gasteiger partial charge in [-0.05, 0) is 64.7 Å². The highest BCUT2D eigenvalue weighted by atomic mass is 79.9. The topological polar surface area (TPSA) is 73.1 Å². The van der Waals surface area contributed by atoms with Gasteiger partial charge in [-0.25, -0.2) is 4.79 Å². The minimum absolute atomic E-state index is 0.203. The van der Waals surface area contributed by atoms with Gasteiger partial charge in [0, 0.05) is 11.0 Å². The summed E-state index contributed by atoms with van der Waals surface area (Å²) >= 11 is 3.45. The molecule has 0 fully saturated rings. The summed E-state index contributed by atoms with van der Waals surface area (Å²) in [5.41, 5.74) is 2.30. The van der Waals surface area contributed by atoms with Crippen LogP contribution in [0.3, 0.4) is 0 Å². The van der Waals surface area contributed by atoms with E-state index in [1.54, 1.807) is 30.3 Å². The molecule has 162 valence electrons. The number of nitrogens with zero attached hydrogens (tertiary/aromatic N) is 2. The maximum absolute atomic E-state index is 13.3. The number of carbonyl (C=O) groups excluding carboxylic acids is 1. The number of carbonyl (C=O) groups is 1. The molecule has 0 aliphatic heterocycles. The molecule has 1 amide bonds. The van der Waals surface area contributed by atoms with E-state index in [0.717, 1.165) is 15.6 Å². The molecule has 1 aromatic heterocycles. The molecule has 1 N–H and O–H groups in total. The van der Waals surface area contributed by atoms with Crippen molar-refractivity contribution in [1.29, 1.82) is 0 Å². The first-order chi connectivity index (χ1) is 15.4. The highest BCUT2D eigenvalue weighted by Crippen LogP contribution is 2.23. The second-order valence-electron chi connectivity index (χ2n) is 7.61. The van der Waals surface area contributed by atoms with Gasteiger partial charge in [0.2, 0.25) is 5.91 Å². The summed E-state index contributed by atoms with van der Waals surface area (Å²) in [6, 6.07) is 22.2. The lowest BCUT2D eigenvalue weighted by atomic mass is 10.1. The zero-order valence-electron chi connectivity index (χ0n) is 17.5. The monoisotopic (exact) mass is 491 g/mol. The average Bonchev–Trinajstić information content (AvgIpc) is 2.79. The van der Waals surface area contributed by atoms with Crippen LogP contribution >= 0.6 is 15.9 Å². The minimum atomic E-state index is -0.497. The molecule has 4 rings (SSSR count). The van der Waals surface area contributed by atoms with E-state index in [4.69, 9.17) is 0 Å². The zero-order chi connectivity index (χ0) is 22.7. The molecule has 6 nitrogen and oxygen atoms in total. The van der Waals surface area contributed by atoms with E-state index in [1.807, 2.05) is 49.4 Å². The summed E-state index contributed by atoms with van der Waals surface area (Å²) in [7, 11) is 0. The van der Waals surface area contributed by atoms with Crippen LogP contribution in [0.1, 0.15) is 11.1 Å². The molecule has 32 heavy (non-hydrogen) atoms. The Morgan fingerprint density at radius 1 is 0.938 bits per heavy atom. The van der Waals surface area contributed by atoms with E-state index in [2.05, 4.69) is 21.2 Å². The molecule has 0 saturated carbocycles. The van der Waals surface area contributed by atoms with Crippen molar-refractivity contribution in [2.75, 3.05) is 5.32 Å². The highest BCUT2D eigenvalue weighted by molar-refractivity contribution is 9.10. The molecule has 0 aliphatic carbocycles. The number of benzene rings is 3. The van der Waals surface area contributed by atoms with Crippen LogP contribution in [0.5, 0.6) is 0 Å². The Balaban J connectivity index is 1.69. The number of hydrogen-bond acceptors (Lipinski definition) is 3. The van der Waals surface area contributed by atoms with Crippen molar-refractivity contribution in [3.63, 3.8) is 0 Å². The van der Waals surface area contributed by atoms with Gasteiger partial charge in [-0.2, -0.15) is 0 Å². The number of nitrogens with one attached hydrogen (secondary N) is 1. The van der Waals surface area contributed by atoms with Crippen molar-refractivity contribution in [2.24, 2.45) is 0 Å². The average molecular weight is 492 g/mol. The fraction of sp³-hybridized carbons (Fsp3) is 0.160. The van der Waals surface area contributed by atoms with Crippen molar-refractivity contribution in [3.8, 4) is 0 Å². The fourth-order valence-corrected chi connectivity index (χ4v) is 4.25. The van der Waals surface area contributed by atoms with Crippen molar-refractivity contribution >= 4 is 38.4 Å². The molecule has 0 bridgehead atoms. The van der Waals surface area contributed by atoms with Crippen LogP contribution in [0.15, 0.2) is 86.9 Å². The first-order valence-electron chi connectivity index (χ1n) is 10.3. The van der Waals surface area contributed by atoms with Gasteiger partial charge in [0.05, 0.1) is 16.6 Å². The molecule has 4 aromatic rings. The number of hydrogen-bond donors (Lipinski definition) is 1. The van der Waals surface area contributed by atoms with Gasteiger partial charge in [-0.15, -0.1) is 0 Å². The van der Waals surface area contributed by atoms with Gasteiger partial charge in [0.1, 0.15) is 6.54 Å². The Hall–Kier alpha value is -3.45. The maximum Gasteiger partial charge on any atom is 0.331 e. The lowest BCUT2D eigenvalue weighted by Gasteiger charge is -2.15. The van der Waals surface area contributed by atoms with Gasteiger partial charge >= 0.3 is 5.69 Å². The predicted molar refractivity (Wildman–Crippen MR) is 130 cm³/mol. The molecule has 0 aliphatic rings. The molecular formula is C25H22BrN3O3. The second kappa shape index (κ2) is 9.36. The number of halogens is 1. The molecule has 0 saturated heterocycles. The van der Waals surface area contributed by atoms with Crippen molar-refractivity contribution < 1.29 is 4.79 Å². The first-order valence-corrected chi connectivity index (χ1v) is 11.1. The molecule has 7 heteroatoms. The molecule has 1 heterocycles. The van der Waals surface area contributed by atoms with E-state index < -0.39 is 5.69 Å². The van der Waals surface area contributed by atoms with Crippen molar-refractivity contribution in [3.05, 3.63) is 109 Å². The van der Waals surface area contributed by atoms with Crippen LogP contribution in [-0.2, 0) is 24.3 Å². The number of amides is 1. The number of aromatic nitrogens is 2. The molecular weight excluding hydrogens is 470 g/mol. The van der Waals surface area contributed by atoms with E-state index in [9.17, 15) is 14.4 Å². The standard InChI is InChI=1S/C25H22BrN3O3/c1-17-11-12-21(20(26)15-17)27-23(30)16-29-22-10-6-5-9-19(22)24(31)28(25(29)32)14-13-18-7-3-2-4-8-18/h2-12,15H,13-14,16H2,1H3,(H,27,30). The van der Waals surface area contributed by atoms with E-state index in [-0.39, 0.29) is 24.6 Å². The second-order valence-corrected chi connectivity index (χ2v) is 8.46. The molecule has 0 unspecified atom stereocenters. The molecule has 3 aromatic carbocycles. The largest absolute Gasteiger partial charge is 0.331 e. The summed E-state index contributed by atoms with van der Waals surface area (Å²) in [5, 5.41) is 3.24. The van der Waals surface area contributed by atoms with Gasteiger partial charge < -0.3 is 5.32 Å². The minimum Gasteiger partial charge on any atom is -0.324 e. The van der Waals surface area contributed by atoms with E-state index in [1.165, 1.54) is 9.13 Å². The number of rotatable bonds is 6. The van der Waals surface area contributed by atoms with Gasteiger partial charge in [0.25, 0.3) is 5.56 Å². The van der Waals surface area contributed by atoms with Crippen LogP contribution in [0.25, 0.3) is 10.9 Å². The summed E-state index contributed by atoms with van der Waals surface area (Å²) in [6.07, 6.45) is 0.539. The predicted octanol–water partition coefficient (Wildman–Crippen LogP) is 4.12. The summed E-state index contributed by atoms with van der Waals surface area (Å²) in [5.74, 6) is -0.352. The van der Waals surface area contributed by atoms with Crippen molar-refractivity contribution in [2.45, 2.75) is 26.4 Å². The molecule has 0 spiro atoms. The quantitative estimate of drug-likeness (QED) is 0.440. The Labute approximate surface area is 193 Å². The SMILES string of the molecule is Cc1ccc(NC(=O)Cn2c(=O)n(CCc3ccccc3)c(=O)c3ccccc32)c(Br)c1. The summed E-state index contributed by atoms with van der Waals surface area (Å²) in [4.78, 5) is 39.1. The van der Waals surface area contributed by atoms with E-state index >= 15 is 0 Å². The van der Waals surface area contributed by atoms with Crippen LogP contribution in [0.2, 0.25) is 0 Å². The van der Waals surface area contributed by atoms with Crippen molar-refractivity contribution in [1.82, 2.24) is 9.13 Å². The number of aryl methyl sites for hydroxylation is 2. The number of para-hydroxylation sites is 1. The zero-order valence-corrected chi connectivity index (χ0v) is 19.1. The third-order valence-corrected chi connectivity index (χ3v) is 5.96. The lowest BCUT2D eigenvalue weighted by Crippen LogP contribution is -2.42. The van der Waals surface area contributed by atoms with Gasteiger partial charge in [-0.3, -0.25) is 18.7 Å². The number of fused-ring (bicyclic) bond motifs is 1. The normalized spacial score (nSPS) is 10.9. The van der Waals surface area contributed by atoms with Gasteiger partial charge in [0.15, 0.2) is 0 Å². The van der Waals surface area contributed by atoms with E-state index in [0.29, 0.717) is 23.0 Å². The Kier molecular flexibility index (Phi) is 6.37. The Morgan fingerprint density at radius 3 is 2.41 bits per heavy atom. The van der Waals surface area contributed by atoms with Gasteiger partial charge in [-0.1, -0.05) is 48.5 Å². The lowest BCUT2D eigenvalue weighted by molar-refractivity contribution is -0.116. The Morgan fingerprint density at radius 2 is 1.66 bits per heavy atom. The van der Waals surface area contributed by atoms with Crippen LogP contribution in [0, 0.1) is 6.92 Å². The highest BCUT2D eigenvalue weighted by Gasteiger charge is 2.16. The Bertz CT molecular complexity index is 1410. The van der Waals surface area contributed by atoms with Crippen LogP contribution < -0.4 is 16.6 Å². The fourth-order valence-electron chi connectivity index (χ4n) is 3.66. The maximum atomic E-state index is 13.3. The van der Waals surface area contributed by atoms with Crippen LogP contribution in [-0.4, -0.2) is 15.0 Å². The third-order valence-electron chi connectivity index (χ3n) is 5.30. The number of anilines is 1. The first kappa shape index (κ1) is 21.8. The third kappa shape index (κ3) is 4.57. The van der Waals surface area contributed by atoms with Crippen LogP contribution in [0.4, 0.5) is 5.69 Å². The summed E-state index contributed by atoms with van der Waals surface area (Å²) in [6.45, 7) is 1.99. The molecule has 0 atom stereocenters. The summed E-state index contributed by atoms with van der Waals surface area (Å²) < 4.78 is 3.33. The molecule has 0 radical (unpaired) electrons. The smallest absolute Gasteiger partial charge is 0.324 e.